The van der Waals surface area contributed by atoms with Gasteiger partial charge in [0.1, 0.15) is 59.5 Å². The van der Waals surface area contributed by atoms with Gasteiger partial charge in [-0.2, -0.15) is 0 Å². The number of hydrogen-bond donors (Lipinski definition) is 10. The lowest BCUT2D eigenvalue weighted by Gasteiger charge is -2.45. The number of aliphatic hydroxyl groups is 7. The SMILES string of the molecule is COc1ccc(-c2cc(=O)c3c(O)c(O)c(O[C@@H]4O[C@H](CO)[C@@H](O)[C@H](O)[C@H]4O[C@@H]4O[C@H](CO)[C@@H](O)[C@@H](O)[C@H]4O)cc3o2)cc1O. The first kappa shape index (κ1) is 32.6. The topological polar surface area (TPSA) is 279 Å². The quantitative estimate of drug-likeness (QED) is 0.115. The third kappa shape index (κ3) is 5.98. The molecule has 17 nitrogen and oxygen atoms in total. The van der Waals surface area contributed by atoms with Crippen LogP contribution in [0.15, 0.2) is 39.5 Å². The molecule has 246 valence electrons. The van der Waals surface area contributed by atoms with Crippen molar-refractivity contribution in [2.24, 2.45) is 0 Å². The van der Waals surface area contributed by atoms with Gasteiger partial charge in [0, 0.05) is 17.7 Å². The van der Waals surface area contributed by atoms with E-state index in [1.807, 2.05) is 0 Å². The van der Waals surface area contributed by atoms with Crippen LogP contribution in [0.25, 0.3) is 22.3 Å². The van der Waals surface area contributed by atoms with E-state index in [4.69, 9.17) is 28.1 Å². The smallest absolute Gasteiger partial charge is 0.229 e. The van der Waals surface area contributed by atoms with Gasteiger partial charge in [-0.3, -0.25) is 4.79 Å². The van der Waals surface area contributed by atoms with Crippen molar-refractivity contribution in [1.29, 1.82) is 0 Å². The number of aliphatic hydroxyl groups excluding tert-OH is 7. The van der Waals surface area contributed by atoms with E-state index in [1.165, 1.54) is 25.3 Å². The van der Waals surface area contributed by atoms with Gasteiger partial charge in [-0.05, 0) is 18.2 Å². The second-order valence-corrected chi connectivity index (χ2v) is 10.4. The van der Waals surface area contributed by atoms with E-state index in [0.717, 1.165) is 12.1 Å². The summed E-state index contributed by atoms with van der Waals surface area (Å²) in [5.41, 5.74) is -0.842. The zero-order chi connectivity index (χ0) is 32.7. The molecule has 2 aromatic carbocycles. The summed E-state index contributed by atoms with van der Waals surface area (Å²) in [6.45, 7) is -1.62. The monoisotopic (exact) mass is 640 g/mol. The van der Waals surface area contributed by atoms with Crippen LogP contribution < -0.4 is 14.9 Å². The molecule has 0 aliphatic carbocycles. The average Bonchev–Trinajstić information content (AvgIpc) is 3.02. The van der Waals surface area contributed by atoms with Crippen molar-refractivity contribution < 1.29 is 79.2 Å². The molecule has 2 saturated heterocycles. The van der Waals surface area contributed by atoms with Crippen molar-refractivity contribution in [2.75, 3.05) is 20.3 Å². The maximum Gasteiger partial charge on any atom is 0.229 e. The Morgan fingerprint density at radius 3 is 2.02 bits per heavy atom. The predicted molar refractivity (Wildman–Crippen MR) is 146 cm³/mol. The maximum absolute atomic E-state index is 12.9. The minimum Gasteiger partial charge on any atom is -0.504 e. The van der Waals surface area contributed by atoms with E-state index in [9.17, 15) is 55.9 Å². The second kappa shape index (κ2) is 12.9. The Kier molecular flexibility index (Phi) is 9.38. The molecule has 0 radical (unpaired) electrons. The Morgan fingerprint density at radius 2 is 1.40 bits per heavy atom. The molecule has 10 N–H and O–H groups in total. The minimum absolute atomic E-state index is 0.0573. The van der Waals surface area contributed by atoms with Gasteiger partial charge in [0.15, 0.2) is 40.8 Å². The van der Waals surface area contributed by atoms with Gasteiger partial charge in [-0.25, -0.2) is 0 Å². The molecule has 3 aromatic rings. The first-order valence-electron chi connectivity index (χ1n) is 13.5. The lowest BCUT2D eigenvalue weighted by atomic mass is 9.97. The highest BCUT2D eigenvalue weighted by atomic mass is 16.8. The van der Waals surface area contributed by atoms with Crippen LogP contribution in [0.4, 0.5) is 0 Å². The highest BCUT2D eigenvalue weighted by molar-refractivity contribution is 5.89. The first-order valence-corrected chi connectivity index (χ1v) is 13.5. The fourth-order valence-corrected chi connectivity index (χ4v) is 5.10. The summed E-state index contributed by atoms with van der Waals surface area (Å²) in [7, 11) is 1.35. The number of rotatable bonds is 8. The van der Waals surface area contributed by atoms with Gasteiger partial charge in [0.2, 0.25) is 12.0 Å². The van der Waals surface area contributed by atoms with Crippen LogP contribution in [-0.2, 0) is 14.2 Å². The van der Waals surface area contributed by atoms with Gasteiger partial charge in [0.25, 0.3) is 0 Å². The molecule has 5 rings (SSSR count). The van der Waals surface area contributed by atoms with Crippen LogP contribution >= 0.6 is 0 Å². The van der Waals surface area contributed by atoms with Crippen molar-refractivity contribution in [2.45, 2.75) is 61.4 Å². The van der Waals surface area contributed by atoms with Crippen LogP contribution in [0.3, 0.4) is 0 Å². The van der Waals surface area contributed by atoms with E-state index in [1.54, 1.807) is 0 Å². The molecule has 0 unspecified atom stereocenters. The number of fused-ring (bicyclic) bond motifs is 1. The molecular weight excluding hydrogens is 608 g/mol. The van der Waals surface area contributed by atoms with Crippen LogP contribution in [0.2, 0.25) is 0 Å². The van der Waals surface area contributed by atoms with Gasteiger partial charge >= 0.3 is 0 Å². The summed E-state index contributed by atoms with van der Waals surface area (Å²) in [5.74, 6) is -2.68. The summed E-state index contributed by atoms with van der Waals surface area (Å²) in [4.78, 5) is 12.9. The van der Waals surface area contributed by atoms with Crippen LogP contribution in [0.1, 0.15) is 0 Å². The molecular formula is C28H32O17. The second-order valence-electron chi connectivity index (χ2n) is 10.4. The predicted octanol–water partition coefficient (Wildman–Crippen LogP) is -2.41. The summed E-state index contributed by atoms with van der Waals surface area (Å²) in [6, 6.07) is 6.18. The van der Waals surface area contributed by atoms with E-state index in [0.29, 0.717) is 0 Å². The van der Waals surface area contributed by atoms with Crippen molar-refractivity contribution in [1.82, 2.24) is 0 Å². The lowest BCUT2D eigenvalue weighted by molar-refractivity contribution is -0.358. The van der Waals surface area contributed by atoms with Gasteiger partial charge in [-0.15, -0.1) is 0 Å². The van der Waals surface area contributed by atoms with Crippen LogP contribution in [-0.4, -0.2) is 133 Å². The van der Waals surface area contributed by atoms with E-state index >= 15 is 0 Å². The molecule has 3 heterocycles. The molecule has 0 saturated carbocycles. The number of phenols is 3. The number of hydrogen-bond acceptors (Lipinski definition) is 17. The number of phenolic OH excluding ortho intramolecular Hbond substituents is 3. The largest absolute Gasteiger partial charge is 0.504 e. The summed E-state index contributed by atoms with van der Waals surface area (Å²) < 4.78 is 32.9. The Bertz CT molecular complexity index is 1570. The molecule has 0 amide bonds. The van der Waals surface area contributed by atoms with Crippen molar-refractivity contribution in [3.63, 3.8) is 0 Å². The normalized spacial score (nSPS) is 32.0. The molecule has 0 spiro atoms. The van der Waals surface area contributed by atoms with Crippen molar-refractivity contribution in [3.05, 3.63) is 40.6 Å². The minimum atomic E-state index is -1.92. The highest BCUT2D eigenvalue weighted by Gasteiger charge is 2.51. The number of methoxy groups -OCH3 is 1. The molecule has 1 aromatic heterocycles. The highest BCUT2D eigenvalue weighted by Crippen LogP contribution is 2.43. The molecule has 2 fully saturated rings. The van der Waals surface area contributed by atoms with E-state index < -0.39 is 103 Å². The average molecular weight is 641 g/mol. The fraction of sp³-hybridized carbons (Fsp3) is 0.464. The van der Waals surface area contributed by atoms with Crippen LogP contribution in [0, 0.1) is 0 Å². The standard InChI is InChI=1S/C28H32O17/c1-40-12-3-2-9(4-10(12)31)13-5-11(32)18-14(41-13)6-15(19(33)22(18)36)42-28-26(24(38)21(35)17(8-30)44-28)45-27-25(39)23(37)20(34)16(7-29)43-27/h2-6,16-17,20-21,23-31,33-39H,7-8H2,1H3/t16-,17-,20-,21-,23-,24+,25-,26-,27+,28-/m1/s1. The van der Waals surface area contributed by atoms with E-state index in [2.05, 4.69) is 0 Å². The third-order valence-corrected chi connectivity index (χ3v) is 7.60. The maximum atomic E-state index is 12.9. The Hall–Kier alpha value is -3.75. The Balaban J connectivity index is 1.52. The molecule has 10 atom stereocenters. The number of ether oxygens (including phenoxy) is 5. The van der Waals surface area contributed by atoms with Gasteiger partial charge in [-0.1, -0.05) is 0 Å². The molecule has 45 heavy (non-hydrogen) atoms. The van der Waals surface area contributed by atoms with Crippen molar-refractivity contribution in [3.8, 4) is 40.1 Å². The lowest BCUT2D eigenvalue weighted by Crippen LogP contribution is -2.65. The summed E-state index contributed by atoms with van der Waals surface area (Å²) in [6.07, 6.45) is -17.6. The first-order chi connectivity index (χ1) is 21.4. The van der Waals surface area contributed by atoms with E-state index in [-0.39, 0.29) is 28.4 Å². The Morgan fingerprint density at radius 1 is 0.756 bits per heavy atom. The molecule has 0 bridgehead atoms. The molecule has 2 aliphatic heterocycles. The fourth-order valence-electron chi connectivity index (χ4n) is 5.10. The zero-order valence-corrected chi connectivity index (χ0v) is 23.4. The zero-order valence-electron chi connectivity index (χ0n) is 23.4. The van der Waals surface area contributed by atoms with Crippen LogP contribution in [0.5, 0.6) is 28.7 Å². The summed E-state index contributed by atoms with van der Waals surface area (Å²) in [5, 5.41) is 102. The molecule has 17 heteroatoms. The molecule has 2 aliphatic rings. The summed E-state index contributed by atoms with van der Waals surface area (Å²) >= 11 is 0. The van der Waals surface area contributed by atoms with Gasteiger partial charge in [0.05, 0.1) is 20.3 Å². The number of aromatic hydroxyl groups is 3. The third-order valence-electron chi connectivity index (χ3n) is 7.60. The number of benzene rings is 2. The van der Waals surface area contributed by atoms with Crippen molar-refractivity contribution >= 4 is 11.0 Å². The van der Waals surface area contributed by atoms with Gasteiger partial charge < -0.3 is 79.2 Å². The Labute approximate surface area is 252 Å².